The van der Waals surface area contributed by atoms with E-state index in [1.54, 1.807) is 0 Å². The Balaban J connectivity index is 0.000000120. The zero-order valence-corrected chi connectivity index (χ0v) is 5.96. The van der Waals surface area contributed by atoms with Gasteiger partial charge in [-0.15, -0.1) is 0 Å². The Morgan fingerprint density at radius 3 is 1.42 bits per heavy atom. The first-order valence-electron chi connectivity index (χ1n) is 3.07. The van der Waals surface area contributed by atoms with Gasteiger partial charge in [0.1, 0.15) is 0 Å². The summed E-state index contributed by atoms with van der Waals surface area (Å²) in [6.45, 7) is 0. The molecule has 2 aromatic heterocycles. The van der Waals surface area contributed by atoms with Crippen LogP contribution in [0.2, 0.25) is 0 Å². The average Bonchev–Trinajstić information content (AvgIpc) is 2.63. The molecule has 0 bridgehead atoms. The zero-order chi connectivity index (χ0) is 8.81. The van der Waals surface area contributed by atoms with E-state index in [1.807, 2.05) is 0 Å². The van der Waals surface area contributed by atoms with E-state index in [0.29, 0.717) is 0 Å². The van der Waals surface area contributed by atoms with Crippen molar-refractivity contribution in [3.63, 3.8) is 0 Å². The van der Waals surface area contributed by atoms with Crippen LogP contribution in [-0.2, 0) is 0 Å². The van der Waals surface area contributed by atoms with E-state index >= 15 is 0 Å². The fraction of sp³-hybridized carbons (Fsp3) is 0. The summed E-state index contributed by atoms with van der Waals surface area (Å²) in [5, 5.41) is 11.3. The molecule has 0 fully saturated rings. The van der Waals surface area contributed by atoms with Crippen molar-refractivity contribution >= 4 is 0 Å². The second-order valence-corrected chi connectivity index (χ2v) is 1.83. The Morgan fingerprint density at radius 1 is 0.917 bits per heavy atom. The van der Waals surface area contributed by atoms with E-state index in [-0.39, 0.29) is 11.6 Å². The molecule has 0 aliphatic rings. The van der Waals surface area contributed by atoms with Gasteiger partial charge in [0.05, 0.1) is 24.8 Å². The lowest BCUT2D eigenvalue weighted by Crippen LogP contribution is -1.53. The van der Waals surface area contributed by atoms with Gasteiger partial charge in [-0.2, -0.15) is 10.2 Å². The summed E-state index contributed by atoms with van der Waals surface area (Å²) in [4.78, 5) is 0. The van der Waals surface area contributed by atoms with Crippen LogP contribution in [0.5, 0.6) is 0 Å². The molecule has 0 spiro atoms. The molecule has 2 rings (SSSR count). The van der Waals surface area contributed by atoms with Gasteiger partial charge in [0.15, 0.2) is 11.6 Å². The highest BCUT2D eigenvalue weighted by Gasteiger charge is 1.80. The van der Waals surface area contributed by atoms with E-state index in [1.165, 1.54) is 12.4 Å². The Kier molecular flexibility index (Phi) is 2.95. The zero-order valence-electron chi connectivity index (χ0n) is 5.96. The summed E-state index contributed by atoms with van der Waals surface area (Å²) < 4.78 is 23.1. The van der Waals surface area contributed by atoms with Crippen LogP contribution >= 0.6 is 0 Å². The maximum absolute atomic E-state index is 11.6. The molecule has 12 heavy (non-hydrogen) atoms. The number of hydrogen-bond acceptors (Lipinski definition) is 2. The maximum Gasteiger partial charge on any atom is 0.160 e. The summed E-state index contributed by atoms with van der Waals surface area (Å²) in [6.07, 6.45) is 4.58. The Hall–Kier alpha value is -1.72. The predicted octanol–water partition coefficient (Wildman–Crippen LogP) is 1.10. The fourth-order valence-corrected chi connectivity index (χ4v) is 0.470. The van der Waals surface area contributed by atoms with Crippen molar-refractivity contribution in [2.24, 2.45) is 0 Å². The molecule has 0 aliphatic heterocycles. The van der Waals surface area contributed by atoms with Crippen LogP contribution in [0.15, 0.2) is 24.8 Å². The van der Waals surface area contributed by atoms with Crippen LogP contribution in [-0.4, -0.2) is 20.4 Å². The number of nitrogens with zero attached hydrogens (tertiary/aromatic N) is 2. The molecule has 0 aliphatic carbocycles. The van der Waals surface area contributed by atoms with Crippen molar-refractivity contribution in [3.8, 4) is 0 Å². The number of rotatable bonds is 0. The van der Waals surface area contributed by atoms with Crippen molar-refractivity contribution < 1.29 is 8.78 Å². The number of halogens is 2. The Bertz CT molecular complexity index is 257. The lowest BCUT2D eigenvalue weighted by molar-refractivity contribution is 0.628. The Morgan fingerprint density at radius 2 is 1.33 bits per heavy atom. The number of hydrogen-bond donors (Lipinski definition) is 2. The Labute approximate surface area is 66.6 Å². The number of H-pyrrole nitrogens is 2. The van der Waals surface area contributed by atoms with Crippen LogP contribution in [0.1, 0.15) is 0 Å². The lowest BCUT2D eigenvalue weighted by atomic mass is 10.7. The van der Waals surface area contributed by atoms with Crippen LogP contribution in [0.4, 0.5) is 8.78 Å². The third-order valence-electron chi connectivity index (χ3n) is 0.930. The van der Waals surface area contributed by atoms with Crippen LogP contribution in [0.25, 0.3) is 0 Å². The molecule has 6 heteroatoms. The largest absolute Gasteiger partial charge is 0.283 e. The topological polar surface area (TPSA) is 57.4 Å². The second kappa shape index (κ2) is 4.22. The van der Waals surface area contributed by atoms with Gasteiger partial charge in [0.25, 0.3) is 0 Å². The van der Waals surface area contributed by atoms with Gasteiger partial charge in [-0.05, 0) is 0 Å². The third-order valence-corrected chi connectivity index (χ3v) is 0.930. The quantitative estimate of drug-likeness (QED) is 0.625. The second-order valence-electron chi connectivity index (χ2n) is 1.83. The maximum atomic E-state index is 11.6. The SMILES string of the molecule is Fc1cn[nH]c1.Fc1cn[nH]c1. The number of aromatic amines is 2. The standard InChI is InChI=1S/2C3H3FN2/c2*4-3-1-5-6-2-3/h2*1-2H,(H,5,6). The van der Waals surface area contributed by atoms with Crippen molar-refractivity contribution in [3.05, 3.63) is 36.4 Å². The minimum atomic E-state index is -0.324. The van der Waals surface area contributed by atoms with E-state index in [0.717, 1.165) is 12.4 Å². The molecule has 64 valence electrons. The molecule has 2 aromatic rings. The van der Waals surface area contributed by atoms with E-state index in [4.69, 9.17) is 0 Å². The van der Waals surface area contributed by atoms with Crippen LogP contribution < -0.4 is 0 Å². The van der Waals surface area contributed by atoms with Crippen LogP contribution in [0, 0.1) is 11.6 Å². The molecule has 0 aromatic carbocycles. The van der Waals surface area contributed by atoms with Gasteiger partial charge in [-0.1, -0.05) is 0 Å². The van der Waals surface area contributed by atoms with E-state index in [2.05, 4.69) is 20.4 Å². The van der Waals surface area contributed by atoms with Crippen molar-refractivity contribution in [2.45, 2.75) is 0 Å². The minimum absolute atomic E-state index is 0.324. The highest BCUT2D eigenvalue weighted by atomic mass is 19.1. The van der Waals surface area contributed by atoms with Gasteiger partial charge in [0.2, 0.25) is 0 Å². The molecular weight excluding hydrogens is 166 g/mol. The molecule has 0 radical (unpaired) electrons. The molecule has 4 nitrogen and oxygen atoms in total. The minimum Gasteiger partial charge on any atom is -0.283 e. The van der Waals surface area contributed by atoms with E-state index in [9.17, 15) is 8.78 Å². The first-order valence-corrected chi connectivity index (χ1v) is 3.07. The van der Waals surface area contributed by atoms with E-state index < -0.39 is 0 Å². The molecule has 0 atom stereocenters. The third kappa shape index (κ3) is 2.91. The molecule has 0 saturated carbocycles. The summed E-state index contributed by atoms with van der Waals surface area (Å²) in [6, 6.07) is 0. The summed E-state index contributed by atoms with van der Waals surface area (Å²) in [5.74, 6) is -0.648. The van der Waals surface area contributed by atoms with Gasteiger partial charge in [0, 0.05) is 0 Å². The molecular formula is C6H6F2N4. The summed E-state index contributed by atoms with van der Waals surface area (Å²) >= 11 is 0. The number of aromatic nitrogens is 4. The summed E-state index contributed by atoms with van der Waals surface area (Å²) in [5.41, 5.74) is 0. The molecule has 2 heterocycles. The van der Waals surface area contributed by atoms with Gasteiger partial charge >= 0.3 is 0 Å². The predicted molar refractivity (Wildman–Crippen MR) is 37.1 cm³/mol. The average molecular weight is 172 g/mol. The number of nitrogens with one attached hydrogen (secondary N) is 2. The first-order chi connectivity index (χ1) is 5.79. The van der Waals surface area contributed by atoms with Gasteiger partial charge < -0.3 is 0 Å². The molecule has 0 amide bonds. The van der Waals surface area contributed by atoms with Crippen molar-refractivity contribution in [1.29, 1.82) is 0 Å². The first kappa shape index (κ1) is 8.38. The van der Waals surface area contributed by atoms with Crippen molar-refractivity contribution in [2.75, 3.05) is 0 Å². The van der Waals surface area contributed by atoms with Crippen molar-refractivity contribution in [1.82, 2.24) is 20.4 Å². The smallest absolute Gasteiger partial charge is 0.160 e. The van der Waals surface area contributed by atoms with Gasteiger partial charge in [-0.3, -0.25) is 10.2 Å². The lowest BCUT2D eigenvalue weighted by Gasteiger charge is -1.57. The monoisotopic (exact) mass is 172 g/mol. The highest BCUT2D eigenvalue weighted by Crippen LogP contribution is 1.84. The van der Waals surface area contributed by atoms with Crippen LogP contribution in [0.3, 0.4) is 0 Å². The summed E-state index contributed by atoms with van der Waals surface area (Å²) in [7, 11) is 0. The fourth-order valence-electron chi connectivity index (χ4n) is 0.470. The molecule has 0 unspecified atom stereocenters. The normalized spacial score (nSPS) is 8.83. The highest BCUT2D eigenvalue weighted by molar-refractivity contribution is 4.79. The van der Waals surface area contributed by atoms with Gasteiger partial charge in [-0.25, -0.2) is 8.78 Å². The molecule has 2 N–H and O–H groups in total. The molecule has 0 saturated heterocycles.